The Morgan fingerprint density at radius 1 is 1.41 bits per heavy atom. The van der Waals surface area contributed by atoms with Gasteiger partial charge >= 0.3 is 6.03 Å². The van der Waals surface area contributed by atoms with Crippen LogP contribution in [0.2, 0.25) is 0 Å². The molecule has 0 bridgehead atoms. The van der Waals surface area contributed by atoms with E-state index < -0.39 is 5.54 Å². The Morgan fingerprint density at radius 2 is 2.18 bits per heavy atom. The molecular weight excluding hydrogens is 302 g/mol. The Morgan fingerprint density at radius 3 is 2.77 bits per heavy atom. The first-order valence-corrected chi connectivity index (χ1v) is 8.30. The summed E-state index contributed by atoms with van der Waals surface area (Å²) in [6.45, 7) is 6.82. The molecule has 2 fully saturated rings. The zero-order chi connectivity index (χ0) is 16.0. The van der Waals surface area contributed by atoms with Gasteiger partial charge in [-0.25, -0.2) is 9.78 Å². The summed E-state index contributed by atoms with van der Waals surface area (Å²) < 4.78 is 4.37. The van der Waals surface area contributed by atoms with Gasteiger partial charge in [-0.3, -0.25) is 10.1 Å². The zero-order valence-corrected chi connectivity index (χ0v) is 13.8. The fourth-order valence-electron chi connectivity index (χ4n) is 3.13. The highest BCUT2D eigenvalue weighted by Crippen LogP contribution is 2.38. The second-order valence-electron chi connectivity index (χ2n) is 7.02. The highest BCUT2D eigenvalue weighted by atomic mass is 32.1. The average molecular weight is 323 g/mol. The second-order valence-corrected chi connectivity index (χ2v) is 7.77. The summed E-state index contributed by atoms with van der Waals surface area (Å²) in [7, 11) is 0. The second kappa shape index (κ2) is 5.19. The van der Waals surface area contributed by atoms with Crippen LogP contribution in [0.3, 0.4) is 0 Å². The Hall–Kier alpha value is -1.70. The smallest absolute Gasteiger partial charge is 0.322 e. The molecule has 1 aromatic rings. The summed E-state index contributed by atoms with van der Waals surface area (Å²) in [5.41, 5.74) is -0.827. The molecule has 0 aromatic carbocycles. The molecule has 8 heteroatoms. The average Bonchev–Trinajstić information content (AvgIpc) is 3.08. The number of amides is 3. The lowest BCUT2D eigenvalue weighted by atomic mass is 9.87. The molecule has 2 aliphatic rings. The van der Waals surface area contributed by atoms with Crippen molar-refractivity contribution in [2.24, 2.45) is 5.92 Å². The minimum atomic E-state index is -0.748. The van der Waals surface area contributed by atoms with E-state index in [4.69, 9.17) is 0 Å². The normalized spacial score (nSPS) is 28.0. The third kappa shape index (κ3) is 2.55. The molecule has 1 saturated heterocycles. The van der Waals surface area contributed by atoms with Crippen LogP contribution in [0.1, 0.15) is 45.9 Å². The fourth-order valence-corrected chi connectivity index (χ4v) is 3.90. The molecule has 1 aromatic heterocycles. The van der Waals surface area contributed by atoms with Crippen LogP contribution in [0.4, 0.5) is 9.93 Å². The number of imide groups is 1. The van der Waals surface area contributed by atoms with E-state index in [1.165, 1.54) is 11.5 Å². The van der Waals surface area contributed by atoms with Gasteiger partial charge in [-0.05, 0) is 12.8 Å². The topological polar surface area (TPSA) is 96.0 Å². The molecule has 3 rings (SSSR count). The summed E-state index contributed by atoms with van der Waals surface area (Å²) in [5, 5.41) is 9.22. The van der Waals surface area contributed by atoms with Crippen molar-refractivity contribution >= 4 is 28.6 Å². The third-order valence-electron chi connectivity index (χ3n) is 4.39. The summed E-state index contributed by atoms with van der Waals surface area (Å²) in [6, 6.07) is -0.386. The number of carbonyl (C=O) groups excluding carboxylic acids is 2. The van der Waals surface area contributed by atoms with Crippen LogP contribution in [-0.2, 0) is 10.2 Å². The number of hydrogen-bond acceptors (Lipinski definition) is 6. The summed E-state index contributed by atoms with van der Waals surface area (Å²) >= 11 is 1.33. The van der Waals surface area contributed by atoms with Gasteiger partial charge in [0, 0.05) is 29.4 Å². The summed E-state index contributed by atoms with van der Waals surface area (Å²) in [4.78, 5) is 28.1. The van der Waals surface area contributed by atoms with E-state index in [-0.39, 0.29) is 23.3 Å². The maximum atomic E-state index is 12.1. The van der Waals surface area contributed by atoms with Gasteiger partial charge in [0.1, 0.15) is 11.4 Å². The van der Waals surface area contributed by atoms with Crippen LogP contribution in [-0.4, -0.2) is 33.4 Å². The molecule has 3 N–H and O–H groups in total. The van der Waals surface area contributed by atoms with Crippen LogP contribution in [0.25, 0.3) is 0 Å². The van der Waals surface area contributed by atoms with E-state index in [1.54, 1.807) is 0 Å². The van der Waals surface area contributed by atoms with E-state index in [0.29, 0.717) is 13.0 Å². The van der Waals surface area contributed by atoms with Crippen molar-refractivity contribution in [2.45, 2.75) is 51.0 Å². The first-order chi connectivity index (χ1) is 10.3. The maximum absolute atomic E-state index is 12.1. The van der Waals surface area contributed by atoms with Gasteiger partial charge in [0.2, 0.25) is 5.13 Å². The largest absolute Gasteiger partial charge is 0.360 e. The van der Waals surface area contributed by atoms with E-state index in [0.717, 1.165) is 23.8 Å². The van der Waals surface area contributed by atoms with E-state index in [1.807, 2.05) is 0 Å². The van der Waals surface area contributed by atoms with Crippen LogP contribution in [0, 0.1) is 5.92 Å². The number of nitrogens with zero attached hydrogens (tertiary/aromatic N) is 2. The van der Waals surface area contributed by atoms with Crippen molar-refractivity contribution in [1.82, 2.24) is 20.0 Å². The van der Waals surface area contributed by atoms with E-state index in [9.17, 15) is 9.59 Å². The number of rotatable bonds is 3. The molecule has 120 valence electrons. The molecule has 0 radical (unpaired) electrons. The van der Waals surface area contributed by atoms with Gasteiger partial charge in [-0.1, -0.05) is 27.2 Å². The van der Waals surface area contributed by atoms with Gasteiger partial charge in [0.25, 0.3) is 5.91 Å². The molecule has 1 aliphatic heterocycles. The lowest BCUT2D eigenvalue weighted by Gasteiger charge is -2.28. The Labute approximate surface area is 133 Å². The third-order valence-corrected chi connectivity index (χ3v) is 5.06. The van der Waals surface area contributed by atoms with Gasteiger partial charge in [-0.2, -0.15) is 4.37 Å². The number of nitrogens with one attached hydrogen (secondary N) is 3. The first-order valence-electron chi connectivity index (χ1n) is 7.53. The molecular formula is C14H21N5O2S. The van der Waals surface area contributed by atoms with Gasteiger partial charge < -0.3 is 10.6 Å². The van der Waals surface area contributed by atoms with Crippen LogP contribution >= 0.6 is 11.5 Å². The number of urea groups is 1. The Balaban J connectivity index is 1.67. The Bertz CT molecular complexity index is 609. The van der Waals surface area contributed by atoms with Crippen molar-refractivity contribution < 1.29 is 9.59 Å². The monoisotopic (exact) mass is 323 g/mol. The number of anilines is 1. The van der Waals surface area contributed by atoms with Gasteiger partial charge in [0.15, 0.2) is 0 Å². The Kier molecular flexibility index (Phi) is 3.58. The molecule has 2 atom stereocenters. The summed E-state index contributed by atoms with van der Waals surface area (Å²) in [5.74, 6) is 0.684. The quantitative estimate of drug-likeness (QED) is 0.735. The molecule has 1 spiro atoms. The molecule has 22 heavy (non-hydrogen) atoms. The minimum absolute atomic E-state index is 0.0703. The van der Waals surface area contributed by atoms with Crippen LogP contribution < -0.4 is 16.0 Å². The zero-order valence-electron chi connectivity index (χ0n) is 13.0. The van der Waals surface area contributed by atoms with Crippen molar-refractivity contribution in [3.05, 3.63) is 5.82 Å². The van der Waals surface area contributed by atoms with Crippen molar-refractivity contribution in [3.8, 4) is 0 Å². The predicted octanol–water partition coefficient (Wildman–Crippen LogP) is 1.63. The maximum Gasteiger partial charge on any atom is 0.322 e. The van der Waals surface area contributed by atoms with Crippen molar-refractivity contribution in [3.63, 3.8) is 0 Å². The first kappa shape index (κ1) is 15.2. The predicted molar refractivity (Wildman–Crippen MR) is 83.8 cm³/mol. The lowest BCUT2D eigenvalue weighted by molar-refractivity contribution is -0.125. The molecule has 7 nitrogen and oxygen atoms in total. The number of hydrogen-bond donors (Lipinski definition) is 3. The van der Waals surface area contributed by atoms with Crippen LogP contribution in [0.5, 0.6) is 0 Å². The standard InChI is InChI=1S/C14H21N5O2S/c1-13(2,3)9-16-12(22-19-9)15-7-8-5-4-6-14(8)10(20)17-11(21)18-14/h8H,4-7H2,1-3H3,(H,15,16,19)(H2,17,18,20,21)/t8-,14+/m1/s1. The van der Waals surface area contributed by atoms with E-state index >= 15 is 0 Å². The van der Waals surface area contributed by atoms with Crippen LogP contribution in [0.15, 0.2) is 0 Å². The van der Waals surface area contributed by atoms with Gasteiger partial charge in [0.05, 0.1) is 0 Å². The summed E-state index contributed by atoms with van der Waals surface area (Å²) in [6.07, 6.45) is 2.54. The number of aromatic nitrogens is 2. The lowest BCUT2D eigenvalue weighted by Crippen LogP contribution is -2.51. The molecule has 1 saturated carbocycles. The molecule has 3 amide bonds. The molecule has 2 heterocycles. The van der Waals surface area contributed by atoms with Gasteiger partial charge in [-0.15, -0.1) is 0 Å². The van der Waals surface area contributed by atoms with Crippen molar-refractivity contribution in [2.75, 3.05) is 11.9 Å². The minimum Gasteiger partial charge on any atom is -0.360 e. The fraction of sp³-hybridized carbons (Fsp3) is 0.714. The molecule has 0 unspecified atom stereocenters. The number of carbonyl (C=O) groups is 2. The highest BCUT2D eigenvalue weighted by Gasteiger charge is 2.54. The van der Waals surface area contributed by atoms with E-state index in [2.05, 4.69) is 46.1 Å². The SMILES string of the molecule is CC(C)(C)c1nsc(NC[C@H]2CCC[C@]23NC(=O)NC3=O)n1. The van der Waals surface area contributed by atoms with Crippen molar-refractivity contribution in [1.29, 1.82) is 0 Å². The highest BCUT2D eigenvalue weighted by molar-refractivity contribution is 7.09. The molecule has 1 aliphatic carbocycles.